The van der Waals surface area contributed by atoms with E-state index < -0.39 is 5.60 Å². The first-order valence-electron chi connectivity index (χ1n) is 6.24. The number of hydrogen-bond donors (Lipinski definition) is 3. The van der Waals surface area contributed by atoms with Crippen molar-refractivity contribution in [3.05, 3.63) is 18.3 Å². The van der Waals surface area contributed by atoms with Crippen LogP contribution in [0.4, 0.5) is 11.5 Å². The minimum atomic E-state index is -0.759. The molecule has 1 aromatic heterocycles. The van der Waals surface area contributed by atoms with Crippen LogP contribution in [0.5, 0.6) is 0 Å². The van der Waals surface area contributed by atoms with E-state index in [0.717, 1.165) is 18.1 Å². The molecule has 0 radical (unpaired) electrons. The summed E-state index contributed by atoms with van der Waals surface area (Å²) in [5.41, 5.74) is 0.200. The second-order valence-electron chi connectivity index (χ2n) is 5.05. The molecule has 0 spiro atoms. The fourth-order valence-corrected chi connectivity index (χ4v) is 1.85. The van der Waals surface area contributed by atoms with Crippen LogP contribution in [-0.4, -0.2) is 54.3 Å². The SMILES string of the molecule is CCNc1cc(NCC(C)(O)CN(C)C)ccn1. The van der Waals surface area contributed by atoms with Gasteiger partial charge in [-0.1, -0.05) is 0 Å². The fourth-order valence-electron chi connectivity index (χ4n) is 1.85. The molecule has 0 fully saturated rings. The molecule has 0 bridgehead atoms. The summed E-state index contributed by atoms with van der Waals surface area (Å²) in [4.78, 5) is 6.17. The number of nitrogens with zero attached hydrogens (tertiary/aromatic N) is 2. The Labute approximate surface area is 109 Å². The van der Waals surface area contributed by atoms with Crippen molar-refractivity contribution in [2.75, 3.05) is 44.4 Å². The van der Waals surface area contributed by atoms with E-state index in [1.54, 1.807) is 6.20 Å². The van der Waals surface area contributed by atoms with E-state index in [4.69, 9.17) is 0 Å². The molecular weight excluding hydrogens is 228 g/mol. The Kier molecular flexibility index (Phi) is 5.37. The van der Waals surface area contributed by atoms with Crippen molar-refractivity contribution in [2.45, 2.75) is 19.4 Å². The fraction of sp³-hybridized carbons (Fsp3) is 0.615. The Bertz CT molecular complexity index is 366. The maximum atomic E-state index is 10.2. The van der Waals surface area contributed by atoms with Crippen molar-refractivity contribution < 1.29 is 5.11 Å². The van der Waals surface area contributed by atoms with E-state index in [2.05, 4.69) is 15.6 Å². The number of hydrogen-bond acceptors (Lipinski definition) is 5. The number of aromatic nitrogens is 1. The van der Waals surface area contributed by atoms with Gasteiger partial charge >= 0.3 is 0 Å². The molecule has 1 aromatic rings. The average Bonchev–Trinajstić information content (AvgIpc) is 2.26. The van der Waals surface area contributed by atoms with Crippen LogP contribution in [0.25, 0.3) is 0 Å². The van der Waals surface area contributed by atoms with Gasteiger partial charge in [0.1, 0.15) is 5.82 Å². The molecule has 0 saturated heterocycles. The maximum Gasteiger partial charge on any atom is 0.127 e. The minimum absolute atomic E-state index is 0.501. The van der Waals surface area contributed by atoms with Gasteiger partial charge in [-0.2, -0.15) is 0 Å². The third kappa shape index (κ3) is 5.33. The maximum absolute atomic E-state index is 10.2. The number of pyridine rings is 1. The summed E-state index contributed by atoms with van der Waals surface area (Å²) in [6.07, 6.45) is 1.75. The highest BCUT2D eigenvalue weighted by Crippen LogP contribution is 2.13. The van der Waals surface area contributed by atoms with Gasteiger partial charge in [-0.05, 0) is 34.0 Å². The lowest BCUT2D eigenvalue weighted by Gasteiger charge is -2.27. The Morgan fingerprint density at radius 3 is 2.72 bits per heavy atom. The van der Waals surface area contributed by atoms with E-state index in [-0.39, 0.29) is 0 Å². The summed E-state index contributed by atoms with van der Waals surface area (Å²) in [5, 5.41) is 16.6. The summed E-state index contributed by atoms with van der Waals surface area (Å²) < 4.78 is 0. The molecule has 18 heavy (non-hydrogen) atoms. The molecule has 0 aromatic carbocycles. The third-order valence-corrected chi connectivity index (χ3v) is 2.45. The Balaban J connectivity index is 2.54. The normalized spacial score (nSPS) is 14.3. The summed E-state index contributed by atoms with van der Waals surface area (Å²) in [6, 6.07) is 3.84. The van der Waals surface area contributed by atoms with Gasteiger partial charge in [-0.3, -0.25) is 0 Å². The van der Waals surface area contributed by atoms with E-state index in [1.807, 2.05) is 45.0 Å². The number of nitrogens with one attached hydrogen (secondary N) is 2. The van der Waals surface area contributed by atoms with Crippen molar-refractivity contribution in [3.63, 3.8) is 0 Å². The highest BCUT2D eigenvalue weighted by Gasteiger charge is 2.20. The van der Waals surface area contributed by atoms with E-state index in [1.165, 1.54) is 0 Å². The second-order valence-corrected chi connectivity index (χ2v) is 5.05. The zero-order valence-corrected chi connectivity index (χ0v) is 11.7. The van der Waals surface area contributed by atoms with Gasteiger partial charge in [-0.15, -0.1) is 0 Å². The molecule has 0 amide bonds. The molecule has 1 atom stereocenters. The van der Waals surface area contributed by atoms with Crippen LogP contribution in [0, 0.1) is 0 Å². The molecule has 5 nitrogen and oxygen atoms in total. The lowest BCUT2D eigenvalue weighted by Crippen LogP contribution is -2.43. The van der Waals surface area contributed by atoms with Gasteiger partial charge in [-0.25, -0.2) is 4.98 Å². The van der Waals surface area contributed by atoms with Crippen LogP contribution < -0.4 is 10.6 Å². The molecule has 102 valence electrons. The van der Waals surface area contributed by atoms with Crippen molar-refractivity contribution in [1.82, 2.24) is 9.88 Å². The van der Waals surface area contributed by atoms with Gasteiger partial charge in [0, 0.05) is 37.6 Å². The zero-order chi connectivity index (χ0) is 13.6. The third-order valence-electron chi connectivity index (χ3n) is 2.45. The smallest absolute Gasteiger partial charge is 0.127 e. The number of likely N-dealkylation sites (N-methyl/N-ethyl adjacent to an activating group) is 1. The van der Waals surface area contributed by atoms with Gasteiger partial charge in [0.05, 0.1) is 5.60 Å². The lowest BCUT2D eigenvalue weighted by atomic mass is 10.1. The average molecular weight is 252 g/mol. The highest BCUT2D eigenvalue weighted by molar-refractivity contribution is 5.51. The Morgan fingerprint density at radius 2 is 2.11 bits per heavy atom. The first-order valence-corrected chi connectivity index (χ1v) is 6.24. The first kappa shape index (κ1) is 14.7. The Hall–Kier alpha value is -1.33. The summed E-state index contributed by atoms with van der Waals surface area (Å²) in [6.45, 7) is 5.82. The van der Waals surface area contributed by atoms with E-state index in [9.17, 15) is 5.11 Å². The number of anilines is 2. The lowest BCUT2D eigenvalue weighted by molar-refractivity contribution is 0.0460. The summed E-state index contributed by atoms with van der Waals surface area (Å²) in [7, 11) is 3.90. The monoisotopic (exact) mass is 252 g/mol. The molecule has 1 unspecified atom stereocenters. The molecule has 0 saturated carbocycles. The molecule has 0 aliphatic carbocycles. The van der Waals surface area contributed by atoms with E-state index >= 15 is 0 Å². The minimum Gasteiger partial charge on any atom is -0.387 e. The van der Waals surface area contributed by atoms with E-state index in [0.29, 0.717) is 13.1 Å². The van der Waals surface area contributed by atoms with Crippen LogP contribution in [0.1, 0.15) is 13.8 Å². The second kappa shape index (κ2) is 6.56. The molecular formula is C13H24N4O. The van der Waals surface area contributed by atoms with Crippen molar-refractivity contribution >= 4 is 11.5 Å². The number of rotatable bonds is 7. The molecule has 5 heteroatoms. The molecule has 1 heterocycles. The quantitative estimate of drug-likeness (QED) is 0.681. The van der Waals surface area contributed by atoms with Crippen molar-refractivity contribution in [1.29, 1.82) is 0 Å². The first-order chi connectivity index (χ1) is 8.43. The van der Waals surface area contributed by atoms with Crippen LogP contribution in [0.15, 0.2) is 18.3 Å². The largest absolute Gasteiger partial charge is 0.387 e. The number of aliphatic hydroxyl groups is 1. The standard InChI is InChI=1S/C13H24N4O/c1-5-14-12-8-11(6-7-15-12)16-9-13(2,18)10-17(3)4/h6-8,18H,5,9-10H2,1-4H3,(H2,14,15,16). The van der Waals surface area contributed by atoms with Gasteiger partial charge in [0.2, 0.25) is 0 Å². The van der Waals surface area contributed by atoms with Crippen LogP contribution in [0.2, 0.25) is 0 Å². The topological polar surface area (TPSA) is 60.4 Å². The van der Waals surface area contributed by atoms with Crippen molar-refractivity contribution in [2.24, 2.45) is 0 Å². The summed E-state index contributed by atoms with van der Waals surface area (Å²) >= 11 is 0. The zero-order valence-electron chi connectivity index (χ0n) is 11.7. The molecule has 0 aliphatic rings. The molecule has 0 aliphatic heterocycles. The molecule has 1 rings (SSSR count). The molecule has 3 N–H and O–H groups in total. The van der Waals surface area contributed by atoms with Crippen LogP contribution >= 0.6 is 0 Å². The highest BCUT2D eigenvalue weighted by atomic mass is 16.3. The predicted molar refractivity (Wildman–Crippen MR) is 76.1 cm³/mol. The van der Waals surface area contributed by atoms with Gasteiger partial charge < -0.3 is 20.6 Å². The van der Waals surface area contributed by atoms with Crippen LogP contribution in [0.3, 0.4) is 0 Å². The van der Waals surface area contributed by atoms with Gasteiger partial charge in [0.25, 0.3) is 0 Å². The van der Waals surface area contributed by atoms with Crippen molar-refractivity contribution in [3.8, 4) is 0 Å². The Morgan fingerprint density at radius 1 is 1.39 bits per heavy atom. The summed E-state index contributed by atoms with van der Waals surface area (Å²) in [5.74, 6) is 0.842. The van der Waals surface area contributed by atoms with Crippen LogP contribution in [-0.2, 0) is 0 Å². The van der Waals surface area contributed by atoms with Gasteiger partial charge in [0.15, 0.2) is 0 Å². The predicted octanol–water partition coefficient (Wildman–Crippen LogP) is 1.24.